The summed E-state index contributed by atoms with van der Waals surface area (Å²) in [5.41, 5.74) is 2.75. The van der Waals surface area contributed by atoms with E-state index in [4.69, 9.17) is 0 Å². The maximum atomic E-state index is 3.55. The molecule has 0 aliphatic rings. The molecule has 2 aromatic rings. The topological polar surface area (TPSA) is 12.0 Å². The van der Waals surface area contributed by atoms with Crippen molar-refractivity contribution < 1.29 is 0 Å². The molecule has 3 heteroatoms. The van der Waals surface area contributed by atoms with Gasteiger partial charge in [0.25, 0.3) is 0 Å². The van der Waals surface area contributed by atoms with Gasteiger partial charge in [-0.1, -0.05) is 32.9 Å². The lowest BCUT2D eigenvalue weighted by molar-refractivity contribution is 0.590. The Morgan fingerprint density at radius 2 is 1.78 bits per heavy atom. The van der Waals surface area contributed by atoms with Crippen LogP contribution in [-0.4, -0.2) is 0 Å². The number of hydrogen-bond acceptors (Lipinski definition) is 2. The first-order valence-electron chi connectivity index (χ1n) is 6.03. The van der Waals surface area contributed by atoms with Gasteiger partial charge in [0.2, 0.25) is 0 Å². The average Bonchev–Trinajstić information content (AvgIpc) is 2.72. The minimum Gasteiger partial charge on any atom is -0.380 e. The van der Waals surface area contributed by atoms with Gasteiger partial charge in [0.15, 0.2) is 0 Å². The number of nitrogens with one attached hydrogen (secondary N) is 1. The van der Waals surface area contributed by atoms with Crippen LogP contribution in [0.3, 0.4) is 0 Å². The van der Waals surface area contributed by atoms with Gasteiger partial charge in [0, 0.05) is 15.0 Å². The Kier molecular flexibility index (Phi) is 4.13. The highest BCUT2D eigenvalue weighted by atomic mass is 79.9. The van der Waals surface area contributed by atoms with Gasteiger partial charge in [-0.15, -0.1) is 11.3 Å². The Balaban J connectivity index is 2.01. The fourth-order valence-electron chi connectivity index (χ4n) is 1.72. The minimum atomic E-state index is 0.218. The average molecular weight is 324 g/mol. The van der Waals surface area contributed by atoms with Crippen LogP contribution in [0.1, 0.15) is 31.2 Å². The molecule has 1 aromatic heterocycles. The standard InChI is InChI=1S/C15H18BrNS/c1-15(2,3)11-4-6-12(7-5-11)17-10-14-13(16)8-9-18-14/h4-9,17H,10H2,1-3H3. The molecule has 0 aliphatic carbocycles. The van der Waals surface area contributed by atoms with Gasteiger partial charge >= 0.3 is 0 Å². The third-order valence-electron chi connectivity index (χ3n) is 2.90. The normalized spacial score (nSPS) is 11.6. The summed E-state index contributed by atoms with van der Waals surface area (Å²) in [6, 6.07) is 10.8. The second-order valence-electron chi connectivity index (χ2n) is 5.37. The Bertz CT molecular complexity index is 508. The number of halogens is 1. The molecular weight excluding hydrogens is 306 g/mol. The molecule has 0 aliphatic heterocycles. The number of hydrogen-bond donors (Lipinski definition) is 1. The van der Waals surface area contributed by atoms with Crippen molar-refractivity contribution >= 4 is 33.0 Å². The number of thiophene rings is 1. The quantitative estimate of drug-likeness (QED) is 0.795. The van der Waals surface area contributed by atoms with Crippen LogP contribution in [0.4, 0.5) is 5.69 Å². The summed E-state index contributed by atoms with van der Waals surface area (Å²) < 4.78 is 1.19. The fourth-order valence-corrected chi connectivity index (χ4v) is 3.15. The molecule has 0 unspecified atom stereocenters. The van der Waals surface area contributed by atoms with E-state index >= 15 is 0 Å². The van der Waals surface area contributed by atoms with E-state index in [1.54, 1.807) is 11.3 Å². The molecule has 96 valence electrons. The summed E-state index contributed by atoms with van der Waals surface area (Å²) in [5, 5.41) is 5.55. The largest absolute Gasteiger partial charge is 0.380 e. The van der Waals surface area contributed by atoms with Crippen LogP contribution in [0.25, 0.3) is 0 Å². The first-order valence-corrected chi connectivity index (χ1v) is 7.70. The summed E-state index contributed by atoms with van der Waals surface area (Å²) in [5.74, 6) is 0. The van der Waals surface area contributed by atoms with Crippen LogP contribution in [0.5, 0.6) is 0 Å². The molecule has 0 bridgehead atoms. The molecular formula is C15H18BrNS. The molecule has 0 amide bonds. The molecule has 2 rings (SSSR count). The molecule has 0 radical (unpaired) electrons. The predicted molar refractivity (Wildman–Crippen MR) is 84.5 cm³/mol. The van der Waals surface area contributed by atoms with Crippen LogP contribution in [-0.2, 0) is 12.0 Å². The summed E-state index contributed by atoms with van der Waals surface area (Å²) in [6.45, 7) is 7.57. The maximum Gasteiger partial charge on any atom is 0.0505 e. The Morgan fingerprint density at radius 3 is 2.28 bits per heavy atom. The minimum absolute atomic E-state index is 0.218. The molecule has 0 saturated heterocycles. The van der Waals surface area contributed by atoms with Crippen molar-refractivity contribution in [2.24, 2.45) is 0 Å². The molecule has 18 heavy (non-hydrogen) atoms. The summed E-state index contributed by atoms with van der Waals surface area (Å²) in [7, 11) is 0. The van der Waals surface area contributed by atoms with Crippen molar-refractivity contribution in [3.05, 3.63) is 50.6 Å². The number of rotatable bonds is 3. The summed E-state index contributed by atoms with van der Waals surface area (Å²) >= 11 is 5.31. The molecule has 0 atom stereocenters. The van der Waals surface area contributed by atoms with Gasteiger partial charge in [-0.3, -0.25) is 0 Å². The molecule has 1 nitrogen and oxygen atoms in total. The summed E-state index contributed by atoms with van der Waals surface area (Å²) in [4.78, 5) is 1.33. The van der Waals surface area contributed by atoms with Crippen LogP contribution in [0.2, 0.25) is 0 Å². The van der Waals surface area contributed by atoms with E-state index in [0.29, 0.717) is 0 Å². The van der Waals surface area contributed by atoms with E-state index < -0.39 is 0 Å². The van der Waals surface area contributed by atoms with Crippen molar-refractivity contribution in [2.75, 3.05) is 5.32 Å². The van der Waals surface area contributed by atoms with Gasteiger partial charge in [-0.05, 0) is 50.5 Å². The maximum absolute atomic E-state index is 3.55. The Morgan fingerprint density at radius 1 is 1.11 bits per heavy atom. The van der Waals surface area contributed by atoms with Gasteiger partial charge < -0.3 is 5.32 Å². The third kappa shape index (κ3) is 3.36. The lowest BCUT2D eigenvalue weighted by Crippen LogP contribution is -2.10. The fraction of sp³-hybridized carbons (Fsp3) is 0.333. The van der Waals surface area contributed by atoms with Crippen molar-refractivity contribution in [3.8, 4) is 0 Å². The first kappa shape index (κ1) is 13.6. The Hall–Kier alpha value is -0.800. The zero-order valence-corrected chi connectivity index (χ0v) is 13.4. The zero-order chi connectivity index (χ0) is 13.2. The predicted octanol–water partition coefficient (Wildman–Crippen LogP) is 5.42. The first-order chi connectivity index (χ1) is 8.47. The third-order valence-corrected chi connectivity index (χ3v) is 4.82. The molecule has 1 aromatic carbocycles. The Labute approximate surface area is 121 Å². The highest BCUT2D eigenvalue weighted by Crippen LogP contribution is 2.25. The van der Waals surface area contributed by atoms with E-state index in [9.17, 15) is 0 Å². The monoisotopic (exact) mass is 323 g/mol. The lowest BCUT2D eigenvalue weighted by Gasteiger charge is -2.19. The molecule has 0 spiro atoms. The van der Waals surface area contributed by atoms with Crippen LogP contribution in [0, 0.1) is 0 Å². The van der Waals surface area contributed by atoms with E-state index in [1.165, 1.54) is 20.6 Å². The van der Waals surface area contributed by atoms with Crippen LogP contribution >= 0.6 is 27.3 Å². The molecule has 0 saturated carbocycles. The van der Waals surface area contributed by atoms with Gasteiger partial charge in [0.1, 0.15) is 0 Å². The van der Waals surface area contributed by atoms with Crippen LogP contribution in [0.15, 0.2) is 40.2 Å². The second kappa shape index (κ2) is 5.45. The van der Waals surface area contributed by atoms with Crippen LogP contribution < -0.4 is 5.32 Å². The smallest absolute Gasteiger partial charge is 0.0505 e. The lowest BCUT2D eigenvalue weighted by atomic mass is 9.87. The number of benzene rings is 1. The van der Waals surface area contributed by atoms with Crippen molar-refractivity contribution in [3.63, 3.8) is 0 Å². The van der Waals surface area contributed by atoms with E-state index in [-0.39, 0.29) is 5.41 Å². The van der Waals surface area contributed by atoms with Gasteiger partial charge in [-0.25, -0.2) is 0 Å². The number of anilines is 1. The van der Waals surface area contributed by atoms with Crippen molar-refractivity contribution in [1.29, 1.82) is 0 Å². The SMILES string of the molecule is CC(C)(C)c1ccc(NCc2sccc2Br)cc1. The molecule has 1 N–H and O–H groups in total. The zero-order valence-electron chi connectivity index (χ0n) is 11.0. The van der Waals surface area contributed by atoms with Gasteiger partial charge in [0.05, 0.1) is 6.54 Å². The second-order valence-corrected chi connectivity index (χ2v) is 7.23. The molecule has 0 fully saturated rings. The highest BCUT2D eigenvalue weighted by molar-refractivity contribution is 9.10. The summed E-state index contributed by atoms with van der Waals surface area (Å²) in [6.07, 6.45) is 0. The van der Waals surface area contributed by atoms with E-state index in [0.717, 1.165) is 6.54 Å². The highest BCUT2D eigenvalue weighted by Gasteiger charge is 2.12. The van der Waals surface area contributed by atoms with Crippen molar-refractivity contribution in [2.45, 2.75) is 32.7 Å². The molecule has 1 heterocycles. The van der Waals surface area contributed by atoms with Gasteiger partial charge in [-0.2, -0.15) is 0 Å². The van der Waals surface area contributed by atoms with E-state index in [1.807, 2.05) is 0 Å². The van der Waals surface area contributed by atoms with Crippen molar-refractivity contribution in [1.82, 2.24) is 0 Å². The van der Waals surface area contributed by atoms with E-state index in [2.05, 4.69) is 77.7 Å².